The number of nitro benzene ring substituents is 2. The molecule has 0 bridgehead atoms. The van der Waals surface area contributed by atoms with E-state index in [9.17, 15) is 20.2 Å². The Morgan fingerprint density at radius 2 is 1.90 bits per heavy atom. The Labute approximate surface area is 127 Å². The molecule has 0 spiro atoms. The van der Waals surface area contributed by atoms with Crippen LogP contribution in [0.3, 0.4) is 0 Å². The van der Waals surface area contributed by atoms with Gasteiger partial charge >= 0.3 is 0 Å². The highest BCUT2D eigenvalue weighted by atomic mass is 79.9. The van der Waals surface area contributed by atoms with Crippen molar-refractivity contribution < 1.29 is 9.85 Å². The third kappa shape index (κ3) is 2.92. The van der Waals surface area contributed by atoms with E-state index in [4.69, 9.17) is 0 Å². The van der Waals surface area contributed by atoms with E-state index in [1.165, 1.54) is 12.1 Å². The number of hydrogen-bond donors (Lipinski definition) is 0. The maximum absolute atomic E-state index is 11.1. The van der Waals surface area contributed by atoms with Gasteiger partial charge in [0.1, 0.15) is 0 Å². The Morgan fingerprint density at radius 3 is 2.38 bits per heavy atom. The fourth-order valence-corrected chi connectivity index (χ4v) is 2.24. The minimum atomic E-state index is -0.656. The van der Waals surface area contributed by atoms with E-state index in [1.807, 2.05) is 13.8 Å². The van der Waals surface area contributed by atoms with Gasteiger partial charge in [-0.3, -0.25) is 24.9 Å². The molecule has 0 saturated carbocycles. The van der Waals surface area contributed by atoms with Crippen LogP contribution in [0.15, 0.2) is 22.7 Å². The number of aryl methyl sites for hydroxylation is 1. The van der Waals surface area contributed by atoms with Crippen molar-refractivity contribution >= 4 is 27.3 Å². The summed E-state index contributed by atoms with van der Waals surface area (Å²) >= 11 is 3.38. The molecule has 2 aromatic rings. The van der Waals surface area contributed by atoms with Gasteiger partial charge in [0.15, 0.2) is 0 Å². The molecular formula is C12H11BrN4O4. The Kier molecular flexibility index (Phi) is 4.03. The zero-order chi connectivity index (χ0) is 15.7. The fraction of sp³-hybridized carbons (Fsp3) is 0.250. The molecule has 21 heavy (non-hydrogen) atoms. The summed E-state index contributed by atoms with van der Waals surface area (Å²) < 4.78 is 2.46. The number of non-ortho nitro benzene ring substituents is 1. The van der Waals surface area contributed by atoms with Crippen LogP contribution in [0.5, 0.6) is 0 Å². The quantitative estimate of drug-likeness (QED) is 0.619. The largest absolute Gasteiger partial charge is 0.281 e. The van der Waals surface area contributed by atoms with E-state index < -0.39 is 9.85 Å². The second-order valence-electron chi connectivity index (χ2n) is 4.47. The van der Waals surface area contributed by atoms with E-state index in [-0.39, 0.29) is 17.9 Å². The summed E-state index contributed by atoms with van der Waals surface area (Å²) in [6, 6.07) is 3.61. The van der Waals surface area contributed by atoms with E-state index in [0.717, 1.165) is 21.9 Å². The SMILES string of the molecule is Cc1nn(Cc2ccc([N+](=O)[O-])cc2[N+](=O)[O-])c(C)c1Br. The van der Waals surface area contributed by atoms with Crippen molar-refractivity contribution in [2.75, 3.05) is 0 Å². The molecule has 0 aliphatic rings. The molecule has 0 unspecified atom stereocenters. The van der Waals surface area contributed by atoms with Crippen molar-refractivity contribution in [3.05, 3.63) is 59.9 Å². The molecule has 0 N–H and O–H groups in total. The van der Waals surface area contributed by atoms with Crippen LogP contribution in [-0.2, 0) is 6.54 Å². The first kappa shape index (κ1) is 15.1. The minimum Gasteiger partial charge on any atom is -0.264 e. The molecule has 0 radical (unpaired) electrons. The zero-order valence-corrected chi connectivity index (χ0v) is 12.8. The van der Waals surface area contributed by atoms with E-state index >= 15 is 0 Å². The van der Waals surface area contributed by atoms with Crippen molar-refractivity contribution in [2.45, 2.75) is 20.4 Å². The van der Waals surface area contributed by atoms with Gasteiger partial charge in [-0.05, 0) is 35.8 Å². The molecule has 0 atom stereocenters. The van der Waals surface area contributed by atoms with Crippen LogP contribution in [0.25, 0.3) is 0 Å². The lowest BCUT2D eigenvalue weighted by atomic mass is 10.1. The van der Waals surface area contributed by atoms with Gasteiger partial charge in [-0.2, -0.15) is 5.10 Å². The summed E-state index contributed by atoms with van der Waals surface area (Å²) in [6.07, 6.45) is 0. The highest BCUT2D eigenvalue weighted by molar-refractivity contribution is 9.10. The van der Waals surface area contributed by atoms with E-state index in [0.29, 0.717) is 5.56 Å². The highest BCUT2D eigenvalue weighted by Crippen LogP contribution is 2.27. The zero-order valence-electron chi connectivity index (χ0n) is 11.2. The molecule has 0 aliphatic carbocycles. The third-order valence-corrected chi connectivity index (χ3v) is 4.24. The van der Waals surface area contributed by atoms with E-state index in [2.05, 4.69) is 21.0 Å². The Bertz CT molecular complexity index is 741. The summed E-state index contributed by atoms with van der Waals surface area (Å²) in [5.41, 5.74) is 1.38. The summed E-state index contributed by atoms with van der Waals surface area (Å²) in [6.45, 7) is 3.83. The summed E-state index contributed by atoms with van der Waals surface area (Å²) in [5.74, 6) is 0. The second kappa shape index (κ2) is 5.60. The molecule has 1 aromatic carbocycles. The summed E-state index contributed by atoms with van der Waals surface area (Å²) in [4.78, 5) is 20.5. The van der Waals surface area contributed by atoms with Crippen molar-refractivity contribution in [3.63, 3.8) is 0 Å². The number of benzene rings is 1. The van der Waals surface area contributed by atoms with Gasteiger partial charge < -0.3 is 0 Å². The van der Waals surface area contributed by atoms with Crippen molar-refractivity contribution in [3.8, 4) is 0 Å². The van der Waals surface area contributed by atoms with Crippen LogP contribution >= 0.6 is 15.9 Å². The van der Waals surface area contributed by atoms with Gasteiger partial charge in [-0.15, -0.1) is 0 Å². The monoisotopic (exact) mass is 354 g/mol. The minimum absolute atomic E-state index is 0.173. The van der Waals surface area contributed by atoms with Gasteiger partial charge in [0, 0.05) is 6.07 Å². The highest BCUT2D eigenvalue weighted by Gasteiger charge is 2.20. The molecule has 0 aliphatic heterocycles. The van der Waals surface area contributed by atoms with Gasteiger partial charge in [0.25, 0.3) is 11.4 Å². The molecular weight excluding hydrogens is 344 g/mol. The number of nitrogens with zero attached hydrogens (tertiary/aromatic N) is 4. The molecule has 0 fully saturated rings. The van der Waals surface area contributed by atoms with E-state index in [1.54, 1.807) is 4.68 Å². The third-order valence-electron chi connectivity index (χ3n) is 3.09. The lowest BCUT2D eigenvalue weighted by molar-refractivity contribution is -0.394. The average molecular weight is 355 g/mol. The van der Waals surface area contributed by atoms with Gasteiger partial charge in [0.2, 0.25) is 0 Å². The van der Waals surface area contributed by atoms with Gasteiger partial charge in [-0.1, -0.05) is 0 Å². The number of aromatic nitrogens is 2. The van der Waals surface area contributed by atoms with Crippen molar-refractivity contribution in [2.24, 2.45) is 0 Å². The molecule has 2 rings (SSSR count). The number of halogens is 1. The Morgan fingerprint density at radius 1 is 1.24 bits per heavy atom. The standard InChI is InChI=1S/C12H11BrN4O4/c1-7-12(13)8(2)15(14-7)6-9-3-4-10(16(18)19)5-11(9)17(20)21/h3-5H,6H2,1-2H3. The lowest BCUT2D eigenvalue weighted by Gasteiger charge is -2.05. The van der Waals surface area contributed by atoms with Crippen LogP contribution in [0.4, 0.5) is 11.4 Å². The maximum Gasteiger partial charge on any atom is 0.281 e. The number of hydrogen-bond acceptors (Lipinski definition) is 5. The molecule has 0 saturated heterocycles. The fourth-order valence-electron chi connectivity index (χ4n) is 1.96. The van der Waals surface area contributed by atoms with Crippen molar-refractivity contribution in [1.82, 2.24) is 9.78 Å². The first-order chi connectivity index (χ1) is 9.81. The van der Waals surface area contributed by atoms with Crippen LogP contribution < -0.4 is 0 Å². The molecule has 0 amide bonds. The first-order valence-corrected chi connectivity index (χ1v) is 6.71. The van der Waals surface area contributed by atoms with Crippen LogP contribution in [0, 0.1) is 34.1 Å². The molecule has 1 heterocycles. The molecule has 8 nitrogen and oxygen atoms in total. The van der Waals surface area contributed by atoms with Gasteiger partial charge in [0.05, 0.1) is 43.9 Å². The second-order valence-corrected chi connectivity index (χ2v) is 5.26. The molecule has 9 heteroatoms. The Balaban J connectivity index is 2.46. The number of nitro groups is 2. The maximum atomic E-state index is 11.1. The average Bonchev–Trinajstić information content (AvgIpc) is 2.66. The van der Waals surface area contributed by atoms with Crippen LogP contribution in [-0.4, -0.2) is 19.6 Å². The smallest absolute Gasteiger partial charge is 0.264 e. The Hall–Kier alpha value is -2.29. The topological polar surface area (TPSA) is 104 Å². The van der Waals surface area contributed by atoms with Gasteiger partial charge in [-0.25, -0.2) is 0 Å². The van der Waals surface area contributed by atoms with Crippen LogP contribution in [0.1, 0.15) is 17.0 Å². The molecule has 1 aromatic heterocycles. The predicted molar refractivity (Wildman–Crippen MR) is 78.3 cm³/mol. The normalized spacial score (nSPS) is 10.6. The van der Waals surface area contributed by atoms with Crippen molar-refractivity contribution in [1.29, 1.82) is 0 Å². The number of rotatable bonds is 4. The van der Waals surface area contributed by atoms with Crippen LogP contribution in [0.2, 0.25) is 0 Å². The lowest BCUT2D eigenvalue weighted by Crippen LogP contribution is -2.07. The molecule has 110 valence electrons. The predicted octanol–water partition coefficient (Wildman–Crippen LogP) is 3.13. The summed E-state index contributed by atoms with van der Waals surface area (Å²) in [7, 11) is 0. The summed E-state index contributed by atoms with van der Waals surface area (Å²) in [5, 5.41) is 26.1. The first-order valence-electron chi connectivity index (χ1n) is 5.92.